The topological polar surface area (TPSA) is 116 Å². The molecule has 1 spiro atoms. The molecule has 3 N–H and O–H groups in total. The van der Waals surface area contributed by atoms with Crippen molar-refractivity contribution in [2.45, 2.75) is 44.7 Å². The Hall–Kier alpha value is -2.81. The summed E-state index contributed by atoms with van der Waals surface area (Å²) in [7, 11) is 0. The molecule has 1 saturated heterocycles. The van der Waals surface area contributed by atoms with Gasteiger partial charge < -0.3 is 15.2 Å². The molecule has 2 aromatic heterocycles. The predicted octanol–water partition coefficient (Wildman–Crippen LogP) is 0.618. The molecule has 2 aromatic rings. The highest BCUT2D eigenvalue weighted by Crippen LogP contribution is 2.37. The molecule has 1 atom stereocenters. The molecule has 0 saturated carbocycles. The molecule has 2 amide bonds. The average molecular weight is 397 g/mol. The summed E-state index contributed by atoms with van der Waals surface area (Å²) < 4.78 is 0. The number of H-pyrrole nitrogens is 1. The van der Waals surface area contributed by atoms with Crippen molar-refractivity contribution in [2.24, 2.45) is 5.92 Å². The van der Waals surface area contributed by atoms with Gasteiger partial charge in [-0.1, -0.05) is 13.8 Å². The van der Waals surface area contributed by atoms with Gasteiger partial charge in [0.1, 0.15) is 0 Å². The highest BCUT2D eigenvalue weighted by Gasteiger charge is 2.46. The molecule has 9 heteroatoms. The summed E-state index contributed by atoms with van der Waals surface area (Å²) in [6.45, 7) is 5.93. The number of rotatable bonds is 4. The summed E-state index contributed by atoms with van der Waals surface area (Å²) >= 11 is 0. The van der Waals surface area contributed by atoms with Crippen LogP contribution < -0.4 is 10.6 Å². The van der Waals surface area contributed by atoms with Crippen molar-refractivity contribution in [2.75, 3.05) is 19.6 Å². The molecular formula is C20H27N7O2. The van der Waals surface area contributed by atoms with Gasteiger partial charge >= 0.3 is 0 Å². The first-order valence-corrected chi connectivity index (χ1v) is 10.1. The molecule has 0 bridgehead atoms. The highest BCUT2D eigenvalue weighted by atomic mass is 16.2. The fourth-order valence-corrected chi connectivity index (χ4v) is 4.18. The van der Waals surface area contributed by atoms with Crippen LogP contribution in [0.15, 0.2) is 24.7 Å². The van der Waals surface area contributed by atoms with Crippen molar-refractivity contribution in [3.63, 3.8) is 0 Å². The van der Waals surface area contributed by atoms with Crippen LogP contribution in [-0.4, -0.2) is 62.6 Å². The second kappa shape index (κ2) is 7.90. The van der Waals surface area contributed by atoms with E-state index in [9.17, 15) is 9.59 Å². The number of hydrogen-bond donors (Lipinski definition) is 3. The smallest absolute Gasteiger partial charge is 0.274 e. The zero-order chi connectivity index (χ0) is 20.4. The third-order valence-electron chi connectivity index (χ3n) is 5.73. The number of likely N-dealkylation sites (tertiary alicyclic amines) is 1. The largest absolute Gasteiger partial charge is 0.354 e. The molecule has 154 valence electrons. The van der Waals surface area contributed by atoms with Crippen molar-refractivity contribution in [1.82, 2.24) is 35.7 Å². The number of nitrogens with one attached hydrogen (secondary N) is 3. The number of aromatic nitrogens is 4. The van der Waals surface area contributed by atoms with Gasteiger partial charge in [0.05, 0.1) is 23.6 Å². The van der Waals surface area contributed by atoms with E-state index in [1.54, 1.807) is 29.6 Å². The summed E-state index contributed by atoms with van der Waals surface area (Å²) in [5.74, 6) is 0.295. The summed E-state index contributed by atoms with van der Waals surface area (Å²) in [6.07, 6.45) is 5.20. The molecule has 4 heterocycles. The van der Waals surface area contributed by atoms with E-state index in [1.165, 1.54) is 0 Å². The first-order valence-electron chi connectivity index (χ1n) is 10.1. The molecule has 29 heavy (non-hydrogen) atoms. The molecular weight excluding hydrogens is 370 g/mol. The van der Waals surface area contributed by atoms with Crippen LogP contribution in [0.4, 0.5) is 0 Å². The summed E-state index contributed by atoms with van der Waals surface area (Å²) in [4.78, 5) is 35.0. The van der Waals surface area contributed by atoms with E-state index in [1.807, 2.05) is 0 Å². The van der Waals surface area contributed by atoms with Gasteiger partial charge in [0.15, 0.2) is 5.69 Å². The van der Waals surface area contributed by atoms with Crippen molar-refractivity contribution in [3.05, 3.63) is 41.7 Å². The van der Waals surface area contributed by atoms with Crippen LogP contribution in [0, 0.1) is 5.92 Å². The van der Waals surface area contributed by atoms with E-state index >= 15 is 0 Å². The number of fused-ring (bicyclic) bond motifs is 2. The summed E-state index contributed by atoms with van der Waals surface area (Å²) in [5, 5.41) is 14.3. The van der Waals surface area contributed by atoms with Gasteiger partial charge in [0.2, 0.25) is 5.91 Å². The first kappa shape index (κ1) is 19.5. The molecule has 2 aliphatic rings. The number of piperidine rings is 1. The maximum atomic E-state index is 12.7. The van der Waals surface area contributed by atoms with E-state index in [4.69, 9.17) is 0 Å². The average Bonchev–Trinajstić information content (AvgIpc) is 3.22. The van der Waals surface area contributed by atoms with Crippen LogP contribution in [0.25, 0.3) is 0 Å². The van der Waals surface area contributed by atoms with Crippen molar-refractivity contribution < 1.29 is 9.59 Å². The number of aromatic amines is 1. The Balaban J connectivity index is 1.49. The SMILES string of the molecule is CC(C)CNC(=O)[C@@H]1Cc2[nH]cnc2C2(CCN(C(=O)c3cccnn3)CC2)N1. The number of amides is 2. The van der Waals surface area contributed by atoms with Crippen LogP contribution in [-0.2, 0) is 16.8 Å². The van der Waals surface area contributed by atoms with Gasteiger partial charge in [-0.05, 0) is 30.9 Å². The maximum Gasteiger partial charge on any atom is 0.274 e. The Morgan fingerprint density at radius 3 is 2.83 bits per heavy atom. The Morgan fingerprint density at radius 2 is 2.14 bits per heavy atom. The predicted molar refractivity (Wildman–Crippen MR) is 106 cm³/mol. The van der Waals surface area contributed by atoms with Crippen molar-refractivity contribution in [3.8, 4) is 0 Å². The molecule has 2 aliphatic heterocycles. The Labute approximate surface area is 169 Å². The highest BCUT2D eigenvalue weighted by molar-refractivity contribution is 5.92. The first-order chi connectivity index (χ1) is 14.0. The minimum atomic E-state index is -0.410. The van der Waals surface area contributed by atoms with Crippen molar-refractivity contribution in [1.29, 1.82) is 0 Å². The zero-order valence-electron chi connectivity index (χ0n) is 16.8. The lowest BCUT2D eigenvalue weighted by Crippen LogP contribution is -2.62. The van der Waals surface area contributed by atoms with Crippen LogP contribution in [0.3, 0.4) is 0 Å². The third-order valence-corrected chi connectivity index (χ3v) is 5.73. The minimum Gasteiger partial charge on any atom is -0.354 e. The normalized spacial score (nSPS) is 20.5. The second-order valence-corrected chi connectivity index (χ2v) is 8.25. The Kier molecular flexibility index (Phi) is 5.31. The van der Waals surface area contributed by atoms with Gasteiger partial charge in [-0.3, -0.25) is 14.9 Å². The quantitative estimate of drug-likeness (QED) is 0.696. The molecule has 9 nitrogen and oxygen atoms in total. The number of carbonyl (C=O) groups excluding carboxylic acids is 2. The van der Waals surface area contributed by atoms with Crippen LogP contribution in [0.5, 0.6) is 0 Å². The van der Waals surface area contributed by atoms with Gasteiger partial charge in [-0.15, -0.1) is 5.10 Å². The van der Waals surface area contributed by atoms with E-state index in [0.717, 1.165) is 11.4 Å². The monoisotopic (exact) mass is 397 g/mol. The number of nitrogens with zero attached hydrogens (tertiary/aromatic N) is 4. The van der Waals surface area contributed by atoms with Gasteiger partial charge in [0, 0.05) is 37.9 Å². The van der Waals surface area contributed by atoms with E-state index < -0.39 is 5.54 Å². The molecule has 0 aromatic carbocycles. The zero-order valence-corrected chi connectivity index (χ0v) is 16.8. The summed E-state index contributed by atoms with van der Waals surface area (Å²) in [6, 6.07) is 3.08. The number of hydrogen-bond acceptors (Lipinski definition) is 6. The molecule has 0 radical (unpaired) electrons. The van der Waals surface area contributed by atoms with E-state index in [0.29, 0.717) is 50.5 Å². The lowest BCUT2D eigenvalue weighted by Gasteiger charge is -2.46. The van der Waals surface area contributed by atoms with Gasteiger partial charge in [0.25, 0.3) is 5.91 Å². The minimum absolute atomic E-state index is 0.0105. The molecule has 0 unspecified atom stereocenters. The van der Waals surface area contributed by atoms with Crippen LogP contribution in [0.1, 0.15) is 48.6 Å². The van der Waals surface area contributed by atoms with Crippen LogP contribution >= 0.6 is 0 Å². The van der Waals surface area contributed by atoms with Crippen LogP contribution in [0.2, 0.25) is 0 Å². The van der Waals surface area contributed by atoms with Crippen molar-refractivity contribution >= 4 is 11.8 Å². The number of imidazole rings is 1. The number of carbonyl (C=O) groups is 2. The summed E-state index contributed by atoms with van der Waals surface area (Å²) in [5.41, 5.74) is 1.91. The lowest BCUT2D eigenvalue weighted by molar-refractivity contribution is -0.124. The fourth-order valence-electron chi connectivity index (χ4n) is 4.18. The third kappa shape index (κ3) is 3.87. The second-order valence-electron chi connectivity index (χ2n) is 8.25. The molecule has 0 aliphatic carbocycles. The molecule has 4 rings (SSSR count). The lowest BCUT2D eigenvalue weighted by atomic mass is 9.78. The molecule has 1 fully saturated rings. The van der Waals surface area contributed by atoms with Gasteiger partial charge in [-0.25, -0.2) is 4.98 Å². The van der Waals surface area contributed by atoms with E-state index in [2.05, 4.69) is 44.6 Å². The van der Waals surface area contributed by atoms with Gasteiger partial charge in [-0.2, -0.15) is 5.10 Å². The van der Waals surface area contributed by atoms with E-state index in [-0.39, 0.29) is 17.9 Å². The Morgan fingerprint density at radius 1 is 1.34 bits per heavy atom. The fraction of sp³-hybridized carbons (Fsp3) is 0.550. The standard InChI is InChI=1S/C20H27N7O2/c1-13(2)11-21-18(28)16-10-15-17(23-12-22-15)20(25-16)5-8-27(9-6-20)19(29)14-4-3-7-24-26-14/h3-4,7,12-13,16,25H,5-6,8-11H2,1-2H3,(H,21,28)(H,22,23)/t16-/m0/s1. The maximum absolute atomic E-state index is 12.7. The Bertz CT molecular complexity index is 872.